The minimum atomic E-state index is -4.58. The first-order valence-electron chi connectivity index (χ1n) is 7.19. The highest BCUT2D eigenvalue weighted by molar-refractivity contribution is 5.12. The maximum Gasteiger partial charge on any atom is 0.435 e. The quantitative estimate of drug-likeness (QED) is 0.826. The third kappa shape index (κ3) is 3.41. The monoisotopic (exact) mass is 334 g/mol. The van der Waals surface area contributed by atoms with E-state index in [1.807, 2.05) is 6.92 Å². The second-order valence-corrected chi connectivity index (χ2v) is 6.00. The Bertz CT molecular complexity index is 581. The second-order valence-electron chi connectivity index (χ2n) is 6.00. The molecular formula is C14H17F3N2O4. The maximum atomic E-state index is 12.7. The molecule has 0 saturated carbocycles. The van der Waals surface area contributed by atoms with Gasteiger partial charge >= 0.3 is 6.18 Å². The smallest absolute Gasteiger partial charge is 0.435 e. The van der Waals surface area contributed by atoms with E-state index in [9.17, 15) is 13.2 Å². The Kier molecular flexibility index (Phi) is 3.97. The van der Waals surface area contributed by atoms with Crippen molar-refractivity contribution in [3.63, 3.8) is 0 Å². The van der Waals surface area contributed by atoms with Gasteiger partial charge in [0.1, 0.15) is 12.2 Å². The largest absolute Gasteiger partial charge is 0.468 e. The molecule has 4 atom stereocenters. The molecule has 0 amide bonds. The van der Waals surface area contributed by atoms with Crippen molar-refractivity contribution >= 4 is 0 Å². The number of nitrogens with zero attached hydrogens (tertiary/aromatic N) is 2. The van der Waals surface area contributed by atoms with E-state index in [1.165, 1.54) is 0 Å². The fourth-order valence-electron chi connectivity index (χ4n) is 2.70. The summed E-state index contributed by atoms with van der Waals surface area (Å²) in [6.45, 7) is 5.54. The summed E-state index contributed by atoms with van der Waals surface area (Å²) in [5, 5.41) is 0. The van der Waals surface area contributed by atoms with Gasteiger partial charge in [-0.05, 0) is 20.8 Å². The van der Waals surface area contributed by atoms with Gasteiger partial charge in [-0.25, -0.2) is 4.98 Å². The molecule has 0 unspecified atom stereocenters. The van der Waals surface area contributed by atoms with Crippen molar-refractivity contribution in [2.24, 2.45) is 0 Å². The number of aromatic nitrogens is 2. The van der Waals surface area contributed by atoms with Crippen molar-refractivity contribution in [2.75, 3.05) is 6.61 Å². The van der Waals surface area contributed by atoms with Gasteiger partial charge in [0.15, 0.2) is 17.6 Å². The first-order chi connectivity index (χ1) is 10.7. The third-order valence-electron chi connectivity index (χ3n) is 3.69. The van der Waals surface area contributed by atoms with E-state index in [0.29, 0.717) is 6.20 Å². The molecule has 1 aromatic heterocycles. The van der Waals surface area contributed by atoms with Crippen LogP contribution in [0.4, 0.5) is 13.2 Å². The molecule has 23 heavy (non-hydrogen) atoms. The number of hydrogen-bond acceptors (Lipinski definition) is 6. The van der Waals surface area contributed by atoms with Crippen molar-refractivity contribution in [1.82, 2.24) is 9.97 Å². The molecule has 3 rings (SSSR count). The van der Waals surface area contributed by atoms with E-state index in [1.54, 1.807) is 13.8 Å². The molecule has 2 aliphatic rings. The van der Waals surface area contributed by atoms with Gasteiger partial charge in [0, 0.05) is 0 Å². The fraction of sp³-hybridized carbons (Fsp3) is 0.714. The van der Waals surface area contributed by atoms with Crippen molar-refractivity contribution in [3.05, 3.63) is 18.1 Å². The SMILES string of the molecule is C[C@H]1OC[C@H](Oc2cncc(C(F)(F)F)n2)[C@H]2OC(C)(C)O[C@H]21. The first kappa shape index (κ1) is 16.4. The summed E-state index contributed by atoms with van der Waals surface area (Å²) in [5.41, 5.74) is -1.11. The van der Waals surface area contributed by atoms with Crippen molar-refractivity contribution in [2.45, 2.75) is 57.2 Å². The molecule has 0 N–H and O–H groups in total. The summed E-state index contributed by atoms with van der Waals surface area (Å²) in [6, 6.07) is 0. The molecule has 2 aliphatic heterocycles. The Morgan fingerprint density at radius 1 is 1.22 bits per heavy atom. The maximum absolute atomic E-state index is 12.7. The van der Waals surface area contributed by atoms with Crippen LogP contribution in [-0.4, -0.2) is 46.8 Å². The lowest BCUT2D eigenvalue weighted by Gasteiger charge is -2.35. The predicted molar refractivity (Wildman–Crippen MR) is 70.7 cm³/mol. The zero-order valence-corrected chi connectivity index (χ0v) is 12.8. The second kappa shape index (κ2) is 5.57. The van der Waals surface area contributed by atoms with Gasteiger partial charge in [-0.3, -0.25) is 4.98 Å². The summed E-state index contributed by atoms with van der Waals surface area (Å²) in [7, 11) is 0. The summed E-state index contributed by atoms with van der Waals surface area (Å²) in [6.07, 6.45) is -4.45. The molecular weight excluding hydrogens is 317 g/mol. The van der Waals surface area contributed by atoms with Crippen LogP contribution in [0.25, 0.3) is 0 Å². The average Bonchev–Trinajstić information content (AvgIpc) is 2.78. The van der Waals surface area contributed by atoms with Gasteiger partial charge in [0.25, 0.3) is 0 Å². The van der Waals surface area contributed by atoms with Crippen LogP contribution in [0, 0.1) is 0 Å². The third-order valence-corrected chi connectivity index (χ3v) is 3.69. The highest BCUT2D eigenvalue weighted by atomic mass is 19.4. The minimum Gasteiger partial charge on any atom is -0.468 e. The van der Waals surface area contributed by atoms with E-state index < -0.39 is 29.9 Å². The topological polar surface area (TPSA) is 62.7 Å². The van der Waals surface area contributed by atoms with E-state index in [2.05, 4.69) is 9.97 Å². The van der Waals surface area contributed by atoms with Crippen LogP contribution in [0.3, 0.4) is 0 Å². The van der Waals surface area contributed by atoms with Crippen LogP contribution < -0.4 is 4.74 Å². The highest BCUT2D eigenvalue weighted by Gasteiger charge is 2.51. The van der Waals surface area contributed by atoms with Crippen molar-refractivity contribution in [3.8, 4) is 5.88 Å². The Morgan fingerprint density at radius 3 is 2.61 bits per heavy atom. The van der Waals surface area contributed by atoms with Crippen molar-refractivity contribution < 1.29 is 32.1 Å². The van der Waals surface area contributed by atoms with E-state index in [0.717, 1.165) is 6.20 Å². The van der Waals surface area contributed by atoms with Gasteiger partial charge in [0.05, 0.1) is 25.1 Å². The van der Waals surface area contributed by atoms with Gasteiger partial charge in [-0.15, -0.1) is 0 Å². The molecule has 1 aromatic rings. The molecule has 128 valence electrons. The van der Waals surface area contributed by atoms with Crippen LogP contribution in [0.1, 0.15) is 26.5 Å². The summed E-state index contributed by atoms with van der Waals surface area (Å²) in [5.74, 6) is -1.03. The summed E-state index contributed by atoms with van der Waals surface area (Å²) < 4.78 is 60.7. The normalized spacial score (nSPS) is 33.3. The zero-order chi connectivity index (χ0) is 16.8. The molecule has 0 aliphatic carbocycles. The Labute approximate surface area is 130 Å². The lowest BCUT2D eigenvalue weighted by Crippen LogP contribution is -2.52. The number of alkyl halides is 3. The Hall–Kier alpha value is -1.45. The molecule has 2 fully saturated rings. The number of halogens is 3. The highest BCUT2D eigenvalue weighted by Crippen LogP contribution is 2.36. The molecule has 2 saturated heterocycles. The molecule has 9 heteroatoms. The molecule has 0 spiro atoms. The van der Waals surface area contributed by atoms with E-state index in [-0.39, 0.29) is 24.7 Å². The molecule has 0 bridgehead atoms. The number of fused-ring (bicyclic) bond motifs is 1. The molecule has 0 aromatic carbocycles. The van der Waals surface area contributed by atoms with Gasteiger partial charge in [-0.2, -0.15) is 13.2 Å². The zero-order valence-electron chi connectivity index (χ0n) is 12.8. The Balaban J connectivity index is 1.78. The van der Waals surface area contributed by atoms with Crippen LogP contribution in [0.5, 0.6) is 5.88 Å². The van der Waals surface area contributed by atoms with Crippen molar-refractivity contribution in [1.29, 1.82) is 0 Å². The first-order valence-corrected chi connectivity index (χ1v) is 7.19. The minimum absolute atomic E-state index is 0.166. The van der Waals surface area contributed by atoms with Crippen LogP contribution in [0.2, 0.25) is 0 Å². The van der Waals surface area contributed by atoms with Crippen LogP contribution >= 0.6 is 0 Å². The standard InChI is InChI=1S/C14H17F3N2O4/c1-7-11-12(23-13(2,3)22-11)8(6-20-7)21-10-5-18-4-9(19-10)14(15,16)17/h4-5,7-8,11-12H,6H2,1-3H3/t7-,8+,11+,12-/m1/s1. The number of hydrogen-bond donors (Lipinski definition) is 0. The average molecular weight is 334 g/mol. The van der Waals surface area contributed by atoms with Crippen LogP contribution in [-0.2, 0) is 20.4 Å². The summed E-state index contributed by atoms with van der Waals surface area (Å²) >= 11 is 0. The Morgan fingerprint density at radius 2 is 1.91 bits per heavy atom. The van der Waals surface area contributed by atoms with Gasteiger partial charge in [-0.1, -0.05) is 0 Å². The predicted octanol–water partition coefficient (Wildman–Crippen LogP) is 2.18. The van der Waals surface area contributed by atoms with Gasteiger partial charge in [0.2, 0.25) is 5.88 Å². The van der Waals surface area contributed by atoms with Gasteiger partial charge < -0.3 is 18.9 Å². The fourth-order valence-corrected chi connectivity index (χ4v) is 2.70. The molecule has 6 nitrogen and oxygen atoms in total. The molecule has 3 heterocycles. The lowest BCUT2D eigenvalue weighted by atomic mass is 10.0. The van der Waals surface area contributed by atoms with Crippen LogP contribution in [0.15, 0.2) is 12.4 Å². The number of ether oxygens (including phenoxy) is 4. The summed E-state index contributed by atoms with van der Waals surface area (Å²) in [4.78, 5) is 6.97. The number of rotatable bonds is 2. The molecule has 0 radical (unpaired) electrons. The van der Waals surface area contributed by atoms with E-state index >= 15 is 0 Å². The van der Waals surface area contributed by atoms with E-state index in [4.69, 9.17) is 18.9 Å². The lowest BCUT2D eigenvalue weighted by molar-refractivity contribution is -0.152.